The minimum atomic E-state index is -0.941. The number of pyridine rings is 1. The molecular weight excluding hydrogens is 336 g/mol. The number of hydrogen-bond donors (Lipinski definition) is 1. The van der Waals surface area contributed by atoms with Gasteiger partial charge in [0, 0.05) is 37.3 Å². The van der Waals surface area contributed by atoms with Gasteiger partial charge in [-0.25, -0.2) is 0 Å². The van der Waals surface area contributed by atoms with Crippen LogP contribution in [0.15, 0.2) is 41.3 Å². The Labute approximate surface area is 150 Å². The molecule has 2 aromatic rings. The number of carbonyl (C=O) groups excluding carboxylic acids is 1. The minimum absolute atomic E-state index is 0.0430. The molecule has 0 aliphatic carbocycles. The number of aliphatic carboxylic acids is 1. The van der Waals surface area contributed by atoms with Crippen molar-refractivity contribution in [2.24, 2.45) is 0 Å². The third-order valence-electron chi connectivity index (χ3n) is 4.59. The molecule has 0 bridgehead atoms. The largest absolute Gasteiger partial charge is 0.481 e. The Kier molecular flexibility index (Phi) is 5.68. The fourth-order valence-corrected chi connectivity index (χ4v) is 3.23. The summed E-state index contributed by atoms with van der Waals surface area (Å²) >= 11 is 0. The van der Waals surface area contributed by atoms with Crippen LogP contribution in [0, 0.1) is 0 Å². The molecular formula is C19H22N2O5. The summed E-state index contributed by atoms with van der Waals surface area (Å²) in [6.07, 6.45) is 3.28. The number of carboxylic acid groups (broad SMARTS) is 1. The third kappa shape index (κ3) is 4.29. The van der Waals surface area contributed by atoms with Crippen molar-refractivity contribution < 1.29 is 19.4 Å². The Morgan fingerprint density at radius 1 is 1.27 bits per heavy atom. The Morgan fingerprint density at radius 3 is 2.81 bits per heavy atom. The average Bonchev–Trinajstić information content (AvgIpc) is 3.14. The number of ether oxygens (including phenoxy) is 1. The van der Waals surface area contributed by atoms with Crippen molar-refractivity contribution in [3.63, 3.8) is 0 Å². The van der Waals surface area contributed by atoms with E-state index in [1.54, 1.807) is 33.9 Å². The molecule has 1 N–H and O–H groups in total. The summed E-state index contributed by atoms with van der Waals surface area (Å²) in [5.41, 5.74) is 0.593. The van der Waals surface area contributed by atoms with Crippen LogP contribution in [0.25, 0.3) is 10.9 Å². The number of benzene rings is 1. The van der Waals surface area contributed by atoms with Crippen molar-refractivity contribution in [1.82, 2.24) is 9.47 Å². The van der Waals surface area contributed by atoms with E-state index in [1.165, 1.54) is 6.07 Å². The summed E-state index contributed by atoms with van der Waals surface area (Å²) in [5, 5.41) is 9.51. The molecule has 1 aliphatic rings. The van der Waals surface area contributed by atoms with Crippen LogP contribution < -0.4 is 5.43 Å². The van der Waals surface area contributed by atoms with Gasteiger partial charge in [0.2, 0.25) is 5.91 Å². The quantitative estimate of drug-likeness (QED) is 0.810. The van der Waals surface area contributed by atoms with Crippen LogP contribution in [0.3, 0.4) is 0 Å². The first kappa shape index (κ1) is 18.1. The van der Waals surface area contributed by atoms with Crippen molar-refractivity contribution in [3.8, 4) is 0 Å². The monoisotopic (exact) mass is 358 g/mol. The van der Waals surface area contributed by atoms with E-state index in [1.807, 2.05) is 6.07 Å². The molecule has 2 heterocycles. The zero-order valence-corrected chi connectivity index (χ0v) is 14.5. The summed E-state index contributed by atoms with van der Waals surface area (Å²) < 4.78 is 7.31. The Bertz CT molecular complexity index is 854. The van der Waals surface area contributed by atoms with Gasteiger partial charge in [-0.3, -0.25) is 14.4 Å². The second-order valence-electron chi connectivity index (χ2n) is 6.44. The predicted octanol–water partition coefficient (Wildman–Crippen LogP) is 1.48. The maximum atomic E-state index is 12.8. The first-order valence-corrected chi connectivity index (χ1v) is 8.74. The highest BCUT2D eigenvalue weighted by atomic mass is 16.5. The van der Waals surface area contributed by atoms with E-state index in [2.05, 4.69) is 0 Å². The van der Waals surface area contributed by atoms with Crippen molar-refractivity contribution in [2.75, 3.05) is 19.7 Å². The van der Waals surface area contributed by atoms with E-state index in [0.29, 0.717) is 24.1 Å². The Balaban J connectivity index is 1.79. The molecule has 7 nitrogen and oxygen atoms in total. The molecule has 1 saturated heterocycles. The van der Waals surface area contributed by atoms with Gasteiger partial charge < -0.3 is 19.3 Å². The third-order valence-corrected chi connectivity index (χ3v) is 4.59. The molecule has 3 rings (SSSR count). The highest BCUT2D eigenvalue weighted by Crippen LogP contribution is 2.15. The van der Waals surface area contributed by atoms with E-state index in [4.69, 9.17) is 9.84 Å². The highest BCUT2D eigenvalue weighted by molar-refractivity contribution is 5.82. The predicted molar refractivity (Wildman–Crippen MR) is 96.0 cm³/mol. The number of carboxylic acids is 1. The smallest absolute Gasteiger partial charge is 0.305 e. The lowest BCUT2D eigenvalue weighted by molar-refractivity contribution is -0.139. The number of carbonyl (C=O) groups is 2. The average molecular weight is 358 g/mol. The van der Waals surface area contributed by atoms with Crippen LogP contribution in [0.4, 0.5) is 0 Å². The maximum absolute atomic E-state index is 12.8. The maximum Gasteiger partial charge on any atom is 0.305 e. The number of para-hydroxylation sites is 1. The van der Waals surface area contributed by atoms with Crippen LogP contribution in [-0.4, -0.2) is 52.3 Å². The van der Waals surface area contributed by atoms with E-state index in [-0.39, 0.29) is 37.0 Å². The lowest BCUT2D eigenvalue weighted by atomic mass is 10.2. The van der Waals surface area contributed by atoms with E-state index in [9.17, 15) is 14.4 Å². The SMILES string of the molecule is O=C(O)CCN(C[C@@H]1CCCO1)C(=O)Cn1ccc(=O)c2ccccc21. The molecule has 1 aromatic carbocycles. The fraction of sp³-hybridized carbons (Fsp3) is 0.421. The molecule has 0 spiro atoms. The molecule has 26 heavy (non-hydrogen) atoms. The second-order valence-corrected chi connectivity index (χ2v) is 6.44. The van der Waals surface area contributed by atoms with Gasteiger partial charge in [-0.15, -0.1) is 0 Å². The van der Waals surface area contributed by atoms with Gasteiger partial charge in [-0.05, 0) is 25.0 Å². The summed E-state index contributed by atoms with van der Waals surface area (Å²) in [5.74, 6) is -1.13. The van der Waals surface area contributed by atoms with Crippen molar-refractivity contribution >= 4 is 22.8 Å². The van der Waals surface area contributed by atoms with Gasteiger partial charge in [-0.2, -0.15) is 0 Å². The van der Waals surface area contributed by atoms with Gasteiger partial charge in [0.15, 0.2) is 5.43 Å². The van der Waals surface area contributed by atoms with Gasteiger partial charge in [0.05, 0.1) is 18.0 Å². The summed E-state index contributed by atoms with van der Waals surface area (Å²) in [6, 6.07) is 8.57. The van der Waals surface area contributed by atoms with Crippen molar-refractivity contribution in [3.05, 3.63) is 46.8 Å². The molecule has 1 amide bonds. The summed E-state index contributed by atoms with van der Waals surface area (Å²) in [6.45, 7) is 1.26. The lowest BCUT2D eigenvalue weighted by Gasteiger charge is -2.25. The minimum Gasteiger partial charge on any atom is -0.481 e. The molecule has 7 heteroatoms. The van der Waals surface area contributed by atoms with Crippen LogP contribution in [0.2, 0.25) is 0 Å². The topological polar surface area (TPSA) is 88.8 Å². The zero-order valence-electron chi connectivity index (χ0n) is 14.5. The molecule has 1 atom stereocenters. The van der Waals surface area contributed by atoms with Crippen molar-refractivity contribution in [2.45, 2.75) is 31.9 Å². The van der Waals surface area contributed by atoms with E-state index in [0.717, 1.165) is 12.8 Å². The van der Waals surface area contributed by atoms with Crippen molar-refractivity contribution in [1.29, 1.82) is 0 Å². The second kappa shape index (κ2) is 8.14. The van der Waals surface area contributed by atoms with Crippen LogP contribution >= 0.6 is 0 Å². The van der Waals surface area contributed by atoms with Crippen LogP contribution in [0.5, 0.6) is 0 Å². The number of aromatic nitrogens is 1. The number of nitrogens with zero attached hydrogens (tertiary/aromatic N) is 2. The first-order chi connectivity index (χ1) is 12.5. The number of hydrogen-bond acceptors (Lipinski definition) is 4. The lowest BCUT2D eigenvalue weighted by Crippen LogP contribution is -2.40. The number of fused-ring (bicyclic) bond motifs is 1. The Hall–Kier alpha value is -2.67. The zero-order chi connectivity index (χ0) is 18.5. The number of amides is 1. The Morgan fingerprint density at radius 2 is 2.08 bits per heavy atom. The normalized spacial score (nSPS) is 16.7. The molecule has 1 aromatic heterocycles. The molecule has 0 unspecified atom stereocenters. The van der Waals surface area contributed by atoms with E-state index < -0.39 is 5.97 Å². The highest BCUT2D eigenvalue weighted by Gasteiger charge is 2.23. The van der Waals surface area contributed by atoms with Gasteiger partial charge in [0.1, 0.15) is 6.54 Å². The molecule has 0 saturated carbocycles. The molecule has 0 radical (unpaired) electrons. The summed E-state index contributed by atoms with van der Waals surface area (Å²) in [7, 11) is 0. The fourth-order valence-electron chi connectivity index (χ4n) is 3.23. The van der Waals surface area contributed by atoms with Gasteiger partial charge in [-0.1, -0.05) is 12.1 Å². The summed E-state index contributed by atoms with van der Waals surface area (Å²) in [4.78, 5) is 37.3. The molecule has 1 fully saturated rings. The van der Waals surface area contributed by atoms with E-state index >= 15 is 0 Å². The standard InChI is InChI=1S/C19H22N2O5/c22-17-7-9-20(16-6-2-1-5-15(16)17)13-18(23)21(10-8-19(24)25)12-14-4-3-11-26-14/h1-2,5-7,9,14H,3-4,8,10-13H2,(H,24,25)/t14-/m0/s1. The van der Waals surface area contributed by atoms with Gasteiger partial charge >= 0.3 is 5.97 Å². The first-order valence-electron chi connectivity index (χ1n) is 8.74. The number of rotatable bonds is 7. The molecule has 138 valence electrons. The molecule has 1 aliphatic heterocycles. The van der Waals surface area contributed by atoms with Crippen LogP contribution in [-0.2, 0) is 20.9 Å². The van der Waals surface area contributed by atoms with Crippen LogP contribution in [0.1, 0.15) is 19.3 Å². The van der Waals surface area contributed by atoms with Gasteiger partial charge in [0.25, 0.3) is 0 Å².